The van der Waals surface area contributed by atoms with Gasteiger partial charge >= 0.3 is 6.18 Å². The summed E-state index contributed by atoms with van der Waals surface area (Å²) in [6.45, 7) is 0. The number of nitrogens with two attached hydrogens (primary N) is 1. The average molecular weight is 231 g/mol. The van der Waals surface area contributed by atoms with Crippen LogP contribution in [0.1, 0.15) is 5.56 Å². The highest BCUT2D eigenvalue weighted by Gasteiger charge is 2.36. The number of hydrogen-bond acceptors (Lipinski definition) is 6. The molecule has 7 nitrogen and oxygen atoms in total. The fourth-order valence-electron chi connectivity index (χ4n) is 1.04. The van der Waals surface area contributed by atoms with Gasteiger partial charge in [0.05, 0.1) is 0 Å². The van der Waals surface area contributed by atoms with Crippen molar-refractivity contribution in [2.75, 3.05) is 5.73 Å². The van der Waals surface area contributed by atoms with Gasteiger partial charge in [-0.1, -0.05) is 0 Å². The number of halogens is 3. The molecule has 0 radical (unpaired) electrons. The summed E-state index contributed by atoms with van der Waals surface area (Å²) in [5, 5.41) is 12.0. The minimum Gasteiger partial charge on any atom is -0.368 e. The van der Waals surface area contributed by atoms with Gasteiger partial charge in [0.25, 0.3) is 0 Å². The van der Waals surface area contributed by atoms with Gasteiger partial charge in [0, 0.05) is 6.20 Å². The first kappa shape index (κ1) is 10.3. The van der Waals surface area contributed by atoms with E-state index in [9.17, 15) is 13.2 Å². The Morgan fingerprint density at radius 2 is 2.06 bits per heavy atom. The highest BCUT2D eigenvalue weighted by Crippen LogP contribution is 2.34. The van der Waals surface area contributed by atoms with Crippen molar-refractivity contribution >= 4 is 5.95 Å². The molecule has 0 spiro atoms. The van der Waals surface area contributed by atoms with Crippen LogP contribution in [0.3, 0.4) is 0 Å². The maximum atomic E-state index is 12.6. The van der Waals surface area contributed by atoms with E-state index in [-0.39, 0.29) is 11.8 Å². The van der Waals surface area contributed by atoms with Crippen molar-refractivity contribution in [1.29, 1.82) is 0 Å². The summed E-state index contributed by atoms with van der Waals surface area (Å²) < 4.78 is 37.7. The second-order valence-electron chi connectivity index (χ2n) is 2.72. The second-order valence-corrected chi connectivity index (χ2v) is 2.72. The predicted octanol–water partition coefficient (Wildman–Crippen LogP) is 0.258. The van der Waals surface area contributed by atoms with Gasteiger partial charge in [-0.25, -0.2) is 9.97 Å². The van der Waals surface area contributed by atoms with E-state index >= 15 is 0 Å². The molecule has 3 N–H and O–H groups in total. The number of H-pyrrole nitrogens is 1. The van der Waals surface area contributed by atoms with Crippen LogP contribution in [0, 0.1) is 0 Å². The monoisotopic (exact) mass is 231 g/mol. The van der Waals surface area contributed by atoms with Crippen LogP contribution in [0.5, 0.6) is 0 Å². The normalized spacial score (nSPS) is 11.7. The number of aromatic amines is 1. The zero-order valence-electron chi connectivity index (χ0n) is 7.52. The first-order valence-corrected chi connectivity index (χ1v) is 3.92. The number of nitrogens with zero attached hydrogens (tertiary/aromatic N) is 5. The molecule has 0 unspecified atom stereocenters. The molecule has 0 fully saturated rings. The van der Waals surface area contributed by atoms with E-state index in [1.165, 1.54) is 0 Å². The van der Waals surface area contributed by atoms with Gasteiger partial charge in [0.2, 0.25) is 11.8 Å². The SMILES string of the molecule is Nc1ncc(C(F)(F)F)c(-c2nn[nH]n2)n1. The largest absolute Gasteiger partial charge is 0.420 e. The highest BCUT2D eigenvalue weighted by molar-refractivity contribution is 5.55. The number of anilines is 1. The van der Waals surface area contributed by atoms with Gasteiger partial charge in [0.1, 0.15) is 11.3 Å². The van der Waals surface area contributed by atoms with Crippen molar-refractivity contribution in [3.05, 3.63) is 11.8 Å². The summed E-state index contributed by atoms with van der Waals surface area (Å²) in [5.41, 5.74) is 3.63. The first-order chi connectivity index (χ1) is 7.48. The van der Waals surface area contributed by atoms with Gasteiger partial charge in [-0.05, 0) is 5.21 Å². The maximum absolute atomic E-state index is 12.6. The molecule has 0 aliphatic heterocycles. The van der Waals surface area contributed by atoms with Gasteiger partial charge in [-0.3, -0.25) is 0 Å². The van der Waals surface area contributed by atoms with E-state index in [0.717, 1.165) is 0 Å². The van der Waals surface area contributed by atoms with Crippen LogP contribution >= 0.6 is 0 Å². The first-order valence-electron chi connectivity index (χ1n) is 3.92. The molecule has 0 bridgehead atoms. The quantitative estimate of drug-likeness (QED) is 0.728. The molecule has 0 atom stereocenters. The molecule has 0 saturated carbocycles. The zero-order valence-corrected chi connectivity index (χ0v) is 7.52. The Hall–Kier alpha value is -2.26. The van der Waals surface area contributed by atoms with Crippen LogP contribution in [0.15, 0.2) is 6.20 Å². The number of nitrogen functional groups attached to an aromatic ring is 1. The van der Waals surface area contributed by atoms with E-state index in [1.54, 1.807) is 0 Å². The summed E-state index contributed by atoms with van der Waals surface area (Å²) in [4.78, 5) is 6.72. The third-order valence-corrected chi connectivity index (χ3v) is 1.67. The topological polar surface area (TPSA) is 106 Å². The van der Waals surface area contributed by atoms with Crippen molar-refractivity contribution in [2.24, 2.45) is 0 Å². The van der Waals surface area contributed by atoms with Gasteiger partial charge in [0.15, 0.2) is 0 Å². The summed E-state index contributed by atoms with van der Waals surface area (Å²) in [5.74, 6) is -0.589. The molecule has 0 saturated heterocycles. The Bertz CT molecular complexity index is 491. The molecule has 0 aromatic carbocycles. The molecule has 84 valence electrons. The smallest absolute Gasteiger partial charge is 0.368 e. The molecule has 2 aromatic heterocycles. The van der Waals surface area contributed by atoms with Crippen LogP contribution in [0.25, 0.3) is 11.5 Å². The molecule has 0 aliphatic carbocycles. The molecule has 0 aliphatic rings. The lowest BCUT2D eigenvalue weighted by Crippen LogP contribution is -2.11. The Balaban J connectivity index is 2.63. The van der Waals surface area contributed by atoms with Crippen molar-refractivity contribution in [1.82, 2.24) is 30.6 Å². The number of alkyl halides is 3. The molecule has 0 amide bonds. The summed E-state index contributed by atoms with van der Waals surface area (Å²) >= 11 is 0. The summed E-state index contributed by atoms with van der Waals surface area (Å²) in [6, 6.07) is 0. The Kier molecular flexibility index (Phi) is 2.18. The Morgan fingerprint density at radius 3 is 2.62 bits per heavy atom. The molecular formula is C6H4F3N7. The van der Waals surface area contributed by atoms with Crippen LogP contribution < -0.4 is 5.73 Å². The molecular weight excluding hydrogens is 227 g/mol. The molecule has 10 heteroatoms. The Morgan fingerprint density at radius 1 is 1.31 bits per heavy atom. The van der Waals surface area contributed by atoms with Crippen molar-refractivity contribution < 1.29 is 13.2 Å². The standard InChI is InChI=1S/C6H4F3N7/c7-6(8,9)2-1-11-5(10)12-3(2)4-13-15-16-14-4/h1H,(H2,10,11,12)(H,13,14,15,16). The van der Waals surface area contributed by atoms with E-state index < -0.39 is 17.4 Å². The predicted molar refractivity (Wildman–Crippen MR) is 44.6 cm³/mol. The van der Waals surface area contributed by atoms with Crippen LogP contribution in [0.4, 0.5) is 19.1 Å². The lowest BCUT2D eigenvalue weighted by molar-refractivity contribution is -0.137. The minimum atomic E-state index is -4.61. The fourth-order valence-corrected chi connectivity index (χ4v) is 1.04. The number of nitrogens with one attached hydrogen (secondary N) is 1. The minimum absolute atomic E-state index is 0.290. The fraction of sp³-hybridized carbons (Fsp3) is 0.167. The zero-order chi connectivity index (χ0) is 11.8. The third kappa shape index (κ3) is 1.76. The molecule has 2 rings (SSSR count). The van der Waals surface area contributed by atoms with Crippen molar-refractivity contribution in [3.8, 4) is 11.5 Å². The van der Waals surface area contributed by atoms with E-state index in [4.69, 9.17) is 5.73 Å². The number of tetrazole rings is 1. The van der Waals surface area contributed by atoms with E-state index in [0.29, 0.717) is 6.20 Å². The maximum Gasteiger partial charge on any atom is 0.420 e. The van der Waals surface area contributed by atoms with Gasteiger partial charge < -0.3 is 5.73 Å². The van der Waals surface area contributed by atoms with E-state index in [1.807, 2.05) is 5.21 Å². The van der Waals surface area contributed by atoms with Gasteiger partial charge in [-0.15, -0.1) is 10.2 Å². The van der Waals surface area contributed by atoms with E-state index in [2.05, 4.69) is 25.4 Å². The third-order valence-electron chi connectivity index (χ3n) is 1.67. The number of aromatic nitrogens is 6. The van der Waals surface area contributed by atoms with Crippen molar-refractivity contribution in [3.63, 3.8) is 0 Å². The second kappa shape index (κ2) is 3.40. The summed E-state index contributed by atoms with van der Waals surface area (Å²) in [7, 11) is 0. The number of rotatable bonds is 1. The molecule has 2 heterocycles. The molecule has 16 heavy (non-hydrogen) atoms. The van der Waals surface area contributed by atoms with Crippen LogP contribution in [-0.2, 0) is 6.18 Å². The van der Waals surface area contributed by atoms with Crippen molar-refractivity contribution in [2.45, 2.75) is 6.18 Å². The van der Waals surface area contributed by atoms with Crippen LogP contribution in [-0.4, -0.2) is 30.6 Å². The molecule has 2 aromatic rings. The summed E-state index contributed by atoms with van der Waals surface area (Å²) in [6.07, 6.45) is -4.03. The highest BCUT2D eigenvalue weighted by atomic mass is 19.4. The Labute approximate surface area is 85.9 Å². The van der Waals surface area contributed by atoms with Crippen LogP contribution in [0.2, 0.25) is 0 Å². The number of hydrogen-bond donors (Lipinski definition) is 2. The lowest BCUT2D eigenvalue weighted by atomic mass is 10.2. The lowest BCUT2D eigenvalue weighted by Gasteiger charge is -2.08. The van der Waals surface area contributed by atoms with Gasteiger partial charge in [-0.2, -0.15) is 18.4 Å². The average Bonchev–Trinajstić information content (AvgIpc) is 2.68.